The van der Waals surface area contributed by atoms with E-state index in [1.807, 2.05) is 25.2 Å². The van der Waals surface area contributed by atoms with E-state index in [9.17, 15) is 0 Å². The zero-order valence-electron chi connectivity index (χ0n) is 37.9. The summed E-state index contributed by atoms with van der Waals surface area (Å²) in [6.45, 7) is 11.2. The second kappa shape index (κ2) is 16.9. The van der Waals surface area contributed by atoms with Crippen molar-refractivity contribution in [2.45, 2.75) is 39.0 Å². The Morgan fingerprint density at radius 3 is 1.47 bits per heavy atom. The molecule has 0 aliphatic heterocycles. The lowest BCUT2D eigenvalue weighted by Crippen LogP contribution is -2.23. The fourth-order valence-corrected chi connectivity index (χ4v) is 10.9. The van der Waals surface area contributed by atoms with Gasteiger partial charge >= 0.3 is 0 Å². The highest BCUT2D eigenvalue weighted by atomic mass is 15.1. The van der Waals surface area contributed by atoms with Crippen molar-refractivity contribution < 1.29 is 0 Å². The van der Waals surface area contributed by atoms with E-state index >= 15 is 0 Å². The Balaban J connectivity index is 0.991. The second-order valence-corrected chi connectivity index (χ2v) is 17.5. The maximum Gasteiger partial charge on any atom is 0.0465 e. The molecule has 10 aromatic carbocycles. The standard InChI is InChI=1S/C64H52N2/c1-5-8-12-19-44(4)65(49-20-13-9-14-21-49)52-33-26-45(27-34-52)54-36-28-46-31-40-59-55(37-29-47-30-39-58(54)62(46)63(47)59)48-32-38-56-57-41-35-53(43-61(57)64(6-2,7-3)60(56)42-48)66(50-22-15-10-16-23-50)51-24-17-11-18-25-51/h5,8-43H,4,6-7H2,1-3H3/b8-5-,19-12-. The molecular weight excluding hydrogens is 797 g/mol. The van der Waals surface area contributed by atoms with Gasteiger partial charge in [-0.2, -0.15) is 0 Å². The minimum atomic E-state index is -0.113. The minimum absolute atomic E-state index is 0.113. The van der Waals surface area contributed by atoms with Crippen LogP contribution in [0, 0.1) is 0 Å². The highest BCUT2D eigenvalue weighted by Gasteiger charge is 2.41. The summed E-state index contributed by atoms with van der Waals surface area (Å²) in [5.74, 6) is 0. The maximum absolute atomic E-state index is 4.45. The van der Waals surface area contributed by atoms with Crippen LogP contribution in [-0.2, 0) is 5.41 Å². The van der Waals surface area contributed by atoms with E-state index in [2.05, 4.69) is 236 Å². The lowest BCUT2D eigenvalue weighted by atomic mass is 9.73. The van der Waals surface area contributed by atoms with E-state index in [0.29, 0.717) is 0 Å². The van der Waals surface area contributed by atoms with Crippen molar-refractivity contribution in [3.63, 3.8) is 0 Å². The first-order chi connectivity index (χ1) is 32.5. The molecule has 2 nitrogen and oxygen atoms in total. The van der Waals surface area contributed by atoms with Gasteiger partial charge < -0.3 is 9.80 Å². The number of hydrogen-bond acceptors (Lipinski definition) is 2. The molecule has 1 aliphatic carbocycles. The Morgan fingerprint density at radius 1 is 0.455 bits per heavy atom. The Bertz CT molecular complexity index is 3410. The van der Waals surface area contributed by atoms with E-state index in [4.69, 9.17) is 0 Å². The molecule has 0 saturated carbocycles. The molecule has 0 bridgehead atoms. The minimum Gasteiger partial charge on any atom is -0.311 e. The van der Waals surface area contributed by atoms with Gasteiger partial charge in [0.15, 0.2) is 0 Å². The van der Waals surface area contributed by atoms with E-state index in [-0.39, 0.29) is 5.41 Å². The molecule has 0 spiro atoms. The van der Waals surface area contributed by atoms with Crippen LogP contribution >= 0.6 is 0 Å². The van der Waals surface area contributed by atoms with Crippen molar-refractivity contribution in [3.05, 3.63) is 248 Å². The molecule has 0 radical (unpaired) electrons. The van der Waals surface area contributed by atoms with Gasteiger partial charge in [-0.05, 0) is 169 Å². The van der Waals surface area contributed by atoms with Crippen molar-refractivity contribution in [1.29, 1.82) is 0 Å². The molecule has 318 valence electrons. The Kier molecular flexibility index (Phi) is 10.4. The summed E-state index contributed by atoms with van der Waals surface area (Å²) in [5, 5.41) is 7.73. The van der Waals surface area contributed by atoms with Crippen LogP contribution in [0.3, 0.4) is 0 Å². The zero-order valence-corrected chi connectivity index (χ0v) is 37.9. The van der Waals surface area contributed by atoms with Gasteiger partial charge in [-0.1, -0.05) is 172 Å². The number of para-hydroxylation sites is 3. The number of benzene rings is 10. The zero-order chi connectivity index (χ0) is 44.8. The summed E-state index contributed by atoms with van der Waals surface area (Å²) >= 11 is 0. The quantitative estimate of drug-likeness (QED) is 0.0893. The summed E-state index contributed by atoms with van der Waals surface area (Å²) in [4.78, 5) is 4.60. The third-order valence-electron chi connectivity index (χ3n) is 14.1. The SMILES string of the molecule is C=C(/C=C\C=C/C)N(c1ccccc1)c1ccc(-c2ccc3ccc4c(-c5ccc6c(c5)C(CC)(CC)c5cc(N(c7ccccc7)c7ccccc7)ccc5-6)ccc5ccc2c3c54)cc1. The summed E-state index contributed by atoms with van der Waals surface area (Å²) in [7, 11) is 0. The number of nitrogens with zero attached hydrogens (tertiary/aromatic N) is 2. The Hall–Kier alpha value is -7.94. The molecule has 1 aliphatic rings. The van der Waals surface area contributed by atoms with E-state index in [1.54, 1.807) is 0 Å². The fourth-order valence-electron chi connectivity index (χ4n) is 10.9. The normalized spacial score (nSPS) is 13.0. The molecule has 0 atom stereocenters. The predicted octanol–water partition coefficient (Wildman–Crippen LogP) is 18.3. The lowest BCUT2D eigenvalue weighted by Gasteiger charge is -2.32. The first kappa shape index (κ1) is 40.8. The van der Waals surface area contributed by atoms with Crippen LogP contribution in [0.5, 0.6) is 0 Å². The highest BCUT2D eigenvalue weighted by molar-refractivity contribution is 6.27. The van der Waals surface area contributed by atoms with Crippen LogP contribution in [0.1, 0.15) is 44.7 Å². The highest BCUT2D eigenvalue weighted by Crippen LogP contribution is 2.55. The molecule has 2 heteroatoms. The number of allylic oxidation sites excluding steroid dienone is 4. The number of anilines is 5. The molecule has 0 saturated heterocycles. The number of rotatable bonds is 12. The molecule has 0 heterocycles. The van der Waals surface area contributed by atoms with Crippen LogP contribution < -0.4 is 9.80 Å². The van der Waals surface area contributed by atoms with Crippen molar-refractivity contribution in [2.75, 3.05) is 9.80 Å². The molecule has 66 heavy (non-hydrogen) atoms. The maximum atomic E-state index is 4.45. The third kappa shape index (κ3) is 6.72. The molecule has 11 rings (SSSR count). The van der Waals surface area contributed by atoms with Crippen molar-refractivity contribution in [1.82, 2.24) is 0 Å². The van der Waals surface area contributed by atoms with Gasteiger partial charge in [-0.25, -0.2) is 0 Å². The monoisotopic (exact) mass is 848 g/mol. The molecule has 0 fully saturated rings. The van der Waals surface area contributed by atoms with Crippen LogP contribution in [-0.4, -0.2) is 0 Å². The molecule has 0 amide bonds. The average molecular weight is 849 g/mol. The number of hydrogen-bond donors (Lipinski definition) is 0. The average Bonchev–Trinajstić information content (AvgIpc) is 3.65. The molecule has 0 unspecified atom stereocenters. The summed E-state index contributed by atoms with van der Waals surface area (Å²) in [5.41, 5.74) is 16.9. The largest absolute Gasteiger partial charge is 0.311 e. The van der Waals surface area contributed by atoms with Crippen LogP contribution in [0.4, 0.5) is 28.4 Å². The fraction of sp³-hybridized carbons (Fsp3) is 0.0938. The van der Waals surface area contributed by atoms with Gasteiger partial charge in [-0.15, -0.1) is 0 Å². The van der Waals surface area contributed by atoms with Crippen LogP contribution in [0.15, 0.2) is 237 Å². The molecule has 0 N–H and O–H groups in total. The lowest BCUT2D eigenvalue weighted by molar-refractivity contribution is 0.490. The Labute approximate surface area is 389 Å². The topological polar surface area (TPSA) is 6.48 Å². The van der Waals surface area contributed by atoms with Gasteiger partial charge in [0.1, 0.15) is 0 Å². The Morgan fingerprint density at radius 2 is 0.909 bits per heavy atom. The van der Waals surface area contributed by atoms with Crippen LogP contribution in [0.2, 0.25) is 0 Å². The van der Waals surface area contributed by atoms with E-state index in [0.717, 1.165) is 41.3 Å². The van der Waals surface area contributed by atoms with Crippen molar-refractivity contribution in [2.24, 2.45) is 0 Å². The number of fused-ring (bicyclic) bond motifs is 3. The summed E-state index contributed by atoms with van der Waals surface area (Å²) in [6.07, 6.45) is 10.2. The van der Waals surface area contributed by atoms with Gasteiger partial charge in [-0.3, -0.25) is 0 Å². The van der Waals surface area contributed by atoms with Gasteiger partial charge in [0.2, 0.25) is 0 Å². The first-order valence-electron chi connectivity index (χ1n) is 23.4. The molecule has 10 aromatic rings. The predicted molar refractivity (Wildman–Crippen MR) is 284 cm³/mol. The summed E-state index contributed by atoms with van der Waals surface area (Å²) in [6, 6.07) is 73.9. The van der Waals surface area contributed by atoms with Crippen molar-refractivity contribution in [3.8, 4) is 33.4 Å². The summed E-state index contributed by atoms with van der Waals surface area (Å²) < 4.78 is 0. The molecule has 0 aromatic heterocycles. The van der Waals surface area contributed by atoms with Gasteiger partial charge in [0, 0.05) is 39.5 Å². The second-order valence-electron chi connectivity index (χ2n) is 17.5. The van der Waals surface area contributed by atoms with Gasteiger partial charge in [0.05, 0.1) is 0 Å². The van der Waals surface area contributed by atoms with E-state index in [1.165, 1.54) is 82.5 Å². The van der Waals surface area contributed by atoms with E-state index < -0.39 is 0 Å². The first-order valence-corrected chi connectivity index (χ1v) is 23.4. The molecular formula is C64H52N2. The van der Waals surface area contributed by atoms with Crippen molar-refractivity contribution >= 4 is 60.8 Å². The smallest absolute Gasteiger partial charge is 0.0465 e. The third-order valence-corrected chi connectivity index (χ3v) is 14.1. The van der Waals surface area contributed by atoms with Gasteiger partial charge in [0.25, 0.3) is 0 Å². The van der Waals surface area contributed by atoms with Crippen LogP contribution in [0.25, 0.3) is 65.7 Å².